The van der Waals surface area contributed by atoms with Gasteiger partial charge in [0.15, 0.2) is 5.58 Å². The molecule has 0 unspecified atom stereocenters. The van der Waals surface area contributed by atoms with Gasteiger partial charge in [-0.2, -0.15) is 0 Å². The lowest BCUT2D eigenvalue weighted by molar-refractivity contribution is 0.620. The number of rotatable bonds is 5. The van der Waals surface area contributed by atoms with Crippen molar-refractivity contribution in [3.05, 3.63) is 127 Å². The summed E-state index contributed by atoms with van der Waals surface area (Å²) in [5, 5.41) is 0.983. The Hall–Kier alpha value is -4.74. The molecule has 0 radical (unpaired) electrons. The molecule has 4 nitrogen and oxygen atoms in total. The van der Waals surface area contributed by atoms with Crippen molar-refractivity contribution in [3.63, 3.8) is 0 Å². The summed E-state index contributed by atoms with van der Waals surface area (Å²) in [6.07, 6.45) is 0. The molecule has 0 spiro atoms. The van der Waals surface area contributed by atoms with E-state index in [1.807, 2.05) is 42.5 Å². The monoisotopic (exact) mass is 495 g/mol. The lowest BCUT2D eigenvalue weighted by atomic mass is 10.1. The van der Waals surface area contributed by atoms with Crippen LogP contribution in [0.1, 0.15) is 0 Å². The first-order valence-corrected chi connectivity index (χ1v) is 12.9. The van der Waals surface area contributed by atoms with Crippen molar-refractivity contribution in [2.45, 2.75) is 0 Å². The third kappa shape index (κ3) is 3.86. The molecule has 2 aromatic heterocycles. The number of fused-ring (bicyclic) bond motifs is 2. The fourth-order valence-corrected chi connectivity index (χ4v) is 5.66. The Kier molecular flexibility index (Phi) is 5.26. The van der Waals surface area contributed by atoms with Gasteiger partial charge in [-0.1, -0.05) is 66.7 Å². The zero-order chi connectivity index (χ0) is 24.6. The maximum Gasteiger partial charge on any atom is 0.229 e. The van der Waals surface area contributed by atoms with Crippen LogP contribution < -0.4 is 4.90 Å². The average Bonchev–Trinajstić information content (AvgIpc) is 3.59. The topological polar surface area (TPSA) is 42.2 Å². The van der Waals surface area contributed by atoms with Crippen LogP contribution in [0, 0.1) is 0 Å². The summed E-state index contributed by atoms with van der Waals surface area (Å²) >= 11 is 1.71. The molecule has 0 atom stereocenters. The van der Waals surface area contributed by atoms with Crippen molar-refractivity contribution in [1.29, 1.82) is 0 Å². The zero-order valence-electron chi connectivity index (χ0n) is 19.8. The highest BCUT2D eigenvalue weighted by atomic mass is 32.1. The molecule has 7 aromatic rings. The van der Waals surface area contributed by atoms with Crippen LogP contribution in [-0.2, 0) is 0 Å². The summed E-state index contributed by atoms with van der Waals surface area (Å²) in [6.45, 7) is 0. The Morgan fingerprint density at radius 2 is 1.16 bits per heavy atom. The van der Waals surface area contributed by atoms with Crippen molar-refractivity contribution in [3.8, 4) is 22.0 Å². The summed E-state index contributed by atoms with van der Waals surface area (Å²) < 4.78 is 7.40. The molecule has 2 heterocycles. The minimum atomic E-state index is 0.593. The molecule has 0 aliphatic carbocycles. The molecule has 176 valence electrons. The predicted molar refractivity (Wildman–Crippen MR) is 153 cm³/mol. The van der Waals surface area contributed by atoms with E-state index in [9.17, 15) is 0 Å². The van der Waals surface area contributed by atoms with Gasteiger partial charge < -0.3 is 9.32 Å². The maximum absolute atomic E-state index is 6.22. The standard InChI is InChI=1S/C32H21N3OS/c1-2-12-22(13-3-1)35(27-18-8-4-14-23(27)31-33-25-16-6-10-20-29(25)36-31)28-19-9-5-15-24(28)32-34-26-17-7-11-21-30(26)37-32/h1-21H. The Bertz CT molecular complexity index is 1670. The molecule has 5 heteroatoms. The molecular weight excluding hydrogens is 474 g/mol. The van der Waals surface area contributed by atoms with Crippen LogP contribution in [0.4, 0.5) is 17.1 Å². The van der Waals surface area contributed by atoms with Gasteiger partial charge in [0, 0.05) is 11.3 Å². The third-order valence-corrected chi connectivity index (χ3v) is 7.42. The van der Waals surface area contributed by atoms with Crippen LogP contribution in [0.3, 0.4) is 0 Å². The summed E-state index contributed by atoms with van der Waals surface area (Å²) in [5.41, 5.74) is 7.67. The van der Waals surface area contributed by atoms with E-state index in [2.05, 4.69) is 89.8 Å². The Morgan fingerprint density at radius 3 is 1.95 bits per heavy atom. The number of oxazole rings is 1. The predicted octanol–water partition coefficient (Wildman–Crippen LogP) is 9.24. The first kappa shape index (κ1) is 21.5. The summed E-state index contributed by atoms with van der Waals surface area (Å²) in [4.78, 5) is 12.1. The van der Waals surface area contributed by atoms with Crippen LogP contribution in [0.2, 0.25) is 0 Å². The van der Waals surface area contributed by atoms with Gasteiger partial charge in [-0.05, 0) is 60.7 Å². The Balaban J connectivity index is 1.46. The lowest BCUT2D eigenvalue weighted by Crippen LogP contribution is -2.12. The quantitative estimate of drug-likeness (QED) is 0.239. The average molecular weight is 496 g/mol. The molecule has 0 bridgehead atoms. The van der Waals surface area contributed by atoms with Crippen molar-refractivity contribution in [2.75, 3.05) is 4.90 Å². The number of aromatic nitrogens is 2. The molecule has 0 N–H and O–H groups in total. The first-order chi connectivity index (χ1) is 18.3. The SMILES string of the molecule is c1ccc(N(c2ccccc2-c2nc3ccccc3o2)c2ccccc2-c2nc3ccccc3s2)cc1. The second-order valence-corrected chi connectivity index (χ2v) is 9.71. The fourth-order valence-electron chi connectivity index (χ4n) is 4.66. The van der Waals surface area contributed by atoms with Gasteiger partial charge in [0.05, 0.1) is 27.2 Å². The Morgan fingerprint density at radius 1 is 0.541 bits per heavy atom. The number of benzene rings is 5. The molecular formula is C32H21N3OS. The molecule has 37 heavy (non-hydrogen) atoms. The first-order valence-electron chi connectivity index (χ1n) is 12.1. The number of hydrogen-bond acceptors (Lipinski definition) is 5. The minimum absolute atomic E-state index is 0.593. The van der Waals surface area contributed by atoms with Crippen molar-refractivity contribution < 1.29 is 4.42 Å². The summed E-state index contributed by atoms with van der Waals surface area (Å²) in [7, 11) is 0. The number of nitrogens with zero attached hydrogens (tertiary/aromatic N) is 3. The van der Waals surface area contributed by atoms with Gasteiger partial charge in [-0.3, -0.25) is 0 Å². The Labute approximate surface area is 218 Å². The normalized spacial score (nSPS) is 11.2. The minimum Gasteiger partial charge on any atom is -0.436 e. The van der Waals surface area contributed by atoms with Gasteiger partial charge in [0.1, 0.15) is 10.5 Å². The highest BCUT2D eigenvalue weighted by Crippen LogP contribution is 2.45. The van der Waals surface area contributed by atoms with E-state index >= 15 is 0 Å². The third-order valence-electron chi connectivity index (χ3n) is 6.35. The lowest BCUT2D eigenvalue weighted by Gasteiger charge is -2.28. The van der Waals surface area contributed by atoms with E-state index in [-0.39, 0.29) is 0 Å². The maximum atomic E-state index is 6.22. The van der Waals surface area contributed by atoms with E-state index in [1.54, 1.807) is 11.3 Å². The molecule has 0 amide bonds. The van der Waals surface area contributed by atoms with Crippen LogP contribution in [0.15, 0.2) is 132 Å². The van der Waals surface area contributed by atoms with Crippen LogP contribution >= 0.6 is 11.3 Å². The molecule has 0 fully saturated rings. The van der Waals surface area contributed by atoms with Gasteiger partial charge in [-0.25, -0.2) is 9.97 Å². The molecule has 0 aliphatic heterocycles. The van der Waals surface area contributed by atoms with Crippen molar-refractivity contribution in [2.24, 2.45) is 0 Å². The molecule has 0 saturated carbocycles. The molecule has 5 aromatic carbocycles. The highest BCUT2D eigenvalue weighted by Gasteiger charge is 2.23. The summed E-state index contributed by atoms with van der Waals surface area (Å²) in [6, 6.07) is 43.2. The number of hydrogen-bond donors (Lipinski definition) is 0. The van der Waals surface area contributed by atoms with Gasteiger partial charge in [0.2, 0.25) is 5.89 Å². The van der Waals surface area contributed by atoms with E-state index in [0.717, 1.165) is 49.8 Å². The molecule has 7 rings (SSSR count). The second kappa shape index (κ2) is 9.04. The van der Waals surface area contributed by atoms with Gasteiger partial charge in [0.25, 0.3) is 0 Å². The molecule has 0 aliphatic rings. The van der Waals surface area contributed by atoms with E-state index in [0.29, 0.717) is 5.89 Å². The van der Waals surface area contributed by atoms with E-state index in [1.165, 1.54) is 4.70 Å². The number of anilines is 3. The highest BCUT2D eigenvalue weighted by molar-refractivity contribution is 7.21. The second-order valence-electron chi connectivity index (χ2n) is 8.68. The molecule has 0 saturated heterocycles. The van der Waals surface area contributed by atoms with E-state index < -0.39 is 0 Å². The van der Waals surface area contributed by atoms with E-state index in [4.69, 9.17) is 14.4 Å². The fraction of sp³-hybridized carbons (Fsp3) is 0. The number of para-hydroxylation sites is 6. The van der Waals surface area contributed by atoms with Gasteiger partial charge >= 0.3 is 0 Å². The van der Waals surface area contributed by atoms with Crippen LogP contribution in [0.5, 0.6) is 0 Å². The van der Waals surface area contributed by atoms with Crippen LogP contribution in [0.25, 0.3) is 43.3 Å². The largest absolute Gasteiger partial charge is 0.436 e. The zero-order valence-corrected chi connectivity index (χ0v) is 20.6. The van der Waals surface area contributed by atoms with Crippen molar-refractivity contribution in [1.82, 2.24) is 9.97 Å². The van der Waals surface area contributed by atoms with Gasteiger partial charge in [-0.15, -0.1) is 11.3 Å². The number of thiazole rings is 1. The summed E-state index contributed by atoms with van der Waals surface area (Å²) in [5.74, 6) is 0.593. The van der Waals surface area contributed by atoms with Crippen LogP contribution in [-0.4, -0.2) is 9.97 Å². The van der Waals surface area contributed by atoms with Crippen molar-refractivity contribution >= 4 is 49.7 Å². The smallest absolute Gasteiger partial charge is 0.229 e.